The van der Waals surface area contributed by atoms with Gasteiger partial charge in [0.05, 0.1) is 13.0 Å². The Hall–Kier alpha value is -0.860. The van der Waals surface area contributed by atoms with Crippen molar-refractivity contribution in [2.75, 3.05) is 7.11 Å². The number of fused-ring (bicyclic) bond motifs is 1. The molecule has 0 spiro atoms. The number of rotatable bonds is 2. The first-order valence-corrected chi connectivity index (χ1v) is 4.79. The molecule has 0 heterocycles. The molecule has 0 radical (unpaired) electrons. The van der Waals surface area contributed by atoms with Crippen molar-refractivity contribution in [3.8, 4) is 0 Å². The van der Waals surface area contributed by atoms with Gasteiger partial charge in [-0.15, -0.1) is 0 Å². The number of esters is 1. The fourth-order valence-electron chi connectivity index (χ4n) is 2.48. The first-order chi connectivity index (χ1) is 6.26. The fourth-order valence-corrected chi connectivity index (χ4v) is 2.48. The number of methoxy groups -OCH3 is 1. The molecular weight excluding hydrogens is 168 g/mol. The van der Waals surface area contributed by atoms with E-state index in [1.54, 1.807) is 0 Å². The smallest absolute Gasteiger partial charge is 0.309 e. The van der Waals surface area contributed by atoms with Gasteiger partial charge >= 0.3 is 5.97 Å². The summed E-state index contributed by atoms with van der Waals surface area (Å²) in [6, 6.07) is 0. The van der Waals surface area contributed by atoms with E-state index in [1.807, 2.05) is 0 Å². The van der Waals surface area contributed by atoms with Gasteiger partial charge in [-0.05, 0) is 31.1 Å². The Balaban J connectivity index is 2.05. The zero-order chi connectivity index (χ0) is 9.42. The van der Waals surface area contributed by atoms with Crippen LogP contribution in [-0.4, -0.2) is 19.4 Å². The molecule has 2 fully saturated rings. The molecule has 0 aliphatic heterocycles. The lowest BCUT2D eigenvalue weighted by atomic mass is 9.80. The van der Waals surface area contributed by atoms with E-state index in [1.165, 1.54) is 13.5 Å². The third-order valence-corrected chi connectivity index (χ3v) is 3.40. The summed E-state index contributed by atoms with van der Waals surface area (Å²) in [5, 5.41) is 0. The Kier molecular flexibility index (Phi) is 2.10. The maximum absolute atomic E-state index is 11.3. The highest BCUT2D eigenvalue weighted by atomic mass is 16.5. The van der Waals surface area contributed by atoms with E-state index in [4.69, 9.17) is 4.74 Å². The van der Waals surface area contributed by atoms with Gasteiger partial charge in [0.25, 0.3) is 0 Å². The molecule has 2 saturated carbocycles. The monoisotopic (exact) mass is 182 g/mol. The molecule has 0 aromatic heterocycles. The van der Waals surface area contributed by atoms with E-state index in [2.05, 4.69) is 0 Å². The number of ether oxygens (including phenoxy) is 1. The van der Waals surface area contributed by atoms with Crippen molar-refractivity contribution in [1.29, 1.82) is 0 Å². The van der Waals surface area contributed by atoms with Crippen LogP contribution in [0.3, 0.4) is 0 Å². The number of hydrogen-bond donors (Lipinski definition) is 0. The van der Waals surface area contributed by atoms with Crippen LogP contribution < -0.4 is 0 Å². The van der Waals surface area contributed by atoms with Gasteiger partial charge in [0.15, 0.2) is 0 Å². The van der Waals surface area contributed by atoms with E-state index in [0.717, 1.165) is 25.0 Å². The molecule has 4 atom stereocenters. The summed E-state index contributed by atoms with van der Waals surface area (Å²) >= 11 is 0. The lowest BCUT2D eigenvalue weighted by Crippen LogP contribution is -2.30. The van der Waals surface area contributed by atoms with Crippen LogP contribution in [-0.2, 0) is 14.3 Å². The second kappa shape index (κ2) is 3.13. The van der Waals surface area contributed by atoms with Crippen LogP contribution in [0.15, 0.2) is 0 Å². The SMILES string of the molecule is COC(=O)[C@@H]1C[C@@H]2C[C@@H]2C[C@H]1C=O. The number of carbonyl (C=O) groups is 2. The van der Waals surface area contributed by atoms with Gasteiger partial charge in [0, 0.05) is 5.92 Å². The maximum Gasteiger partial charge on any atom is 0.309 e. The summed E-state index contributed by atoms with van der Waals surface area (Å²) in [4.78, 5) is 22.1. The summed E-state index contributed by atoms with van der Waals surface area (Å²) in [5.74, 6) is 0.960. The standard InChI is InChI=1S/C10H14O3/c1-13-10(12)9-4-7-2-6(7)3-8(9)5-11/h5-9H,2-4H2,1H3/t6-,7+,8+,9-/m1/s1. The second-order valence-corrected chi connectivity index (χ2v) is 4.16. The summed E-state index contributed by atoms with van der Waals surface area (Å²) in [5.41, 5.74) is 0. The van der Waals surface area contributed by atoms with Crippen LogP contribution in [0, 0.1) is 23.7 Å². The number of hydrogen-bond acceptors (Lipinski definition) is 3. The summed E-state index contributed by atoms with van der Waals surface area (Å²) in [7, 11) is 1.39. The molecule has 0 bridgehead atoms. The summed E-state index contributed by atoms with van der Waals surface area (Å²) in [6.45, 7) is 0. The molecule has 2 aliphatic rings. The van der Waals surface area contributed by atoms with E-state index in [0.29, 0.717) is 5.92 Å². The Morgan fingerprint density at radius 3 is 2.62 bits per heavy atom. The van der Waals surface area contributed by atoms with E-state index < -0.39 is 0 Å². The van der Waals surface area contributed by atoms with E-state index >= 15 is 0 Å². The quantitative estimate of drug-likeness (QED) is 0.473. The van der Waals surface area contributed by atoms with Crippen molar-refractivity contribution < 1.29 is 14.3 Å². The number of aldehydes is 1. The first-order valence-electron chi connectivity index (χ1n) is 4.79. The molecule has 2 aliphatic carbocycles. The fraction of sp³-hybridized carbons (Fsp3) is 0.800. The summed E-state index contributed by atoms with van der Waals surface area (Å²) < 4.78 is 4.69. The molecule has 0 N–H and O–H groups in total. The van der Waals surface area contributed by atoms with Crippen LogP contribution in [0.4, 0.5) is 0 Å². The minimum absolute atomic E-state index is 0.0869. The predicted molar refractivity (Wildman–Crippen MR) is 45.9 cm³/mol. The number of carbonyl (C=O) groups excluding carboxylic acids is 2. The second-order valence-electron chi connectivity index (χ2n) is 4.16. The Morgan fingerprint density at radius 2 is 2.00 bits per heavy atom. The average Bonchev–Trinajstić information content (AvgIpc) is 2.92. The zero-order valence-electron chi connectivity index (χ0n) is 7.73. The van der Waals surface area contributed by atoms with Crippen molar-refractivity contribution in [3.63, 3.8) is 0 Å². The lowest BCUT2D eigenvalue weighted by Gasteiger charge is -2.24. The van der Waals surface area contributed by atoms with Gasteiger partial charge < -0.3 is 9.53 Å². The molecule has 72 valence electrons. The molecule has 0 unspecified atom stereocenters. The van der Waals surface area contributed by atoms with Gasteiger partial charge in [-0.1, -0.05) is 0 Å². The van der Waals surface area contributed by atoms with Gasteiger partial charge in [0.2, 0.25) is 0 Å². The van der Waals surface area contributed by atoms with Crippen molar-refractivity contribution in [3.05, 3.63) is 0 Å². The van der Waals surface area contributed by atoms with Crippen LogP contribution in [0.2, 0.25) is 0 Å². The van der Waals surface area contributed by atoms with Crippen molar-refractivity contribution in [1.82, 2.24) is 0 Å². The highest BCUT2D eigenvalue weighted by Crippen LogP contribution is 2.53. The first kappa shape index (κ1) is 8.73. The highest BCUT2D eigenvalue weighted by molar-refractivity contribution is 5.77. The van der Waals surface area contributed by atoms with Gasteiger partial charge in [-0.2, -0.15) is 0 Å². The minimum atomic E-state index is -0.206. The van der Waals surface area contributed by atoms with Crippen LogP contribution in [0.1, 0.15) is 19.3 Å². The maximum atomic E-state index is 11.3. The molecule has 0 aromatic carbocycles. The Labute approximate surface area is 77.4 Å². The van der Waals surface area contributed by atoms with Crippen LogP contribution in [0.5, 0.6) is 0 Å². The van der Waals surface area contributed by atoms with Gasteiger partial charge in [0.1, 0.15) is 6.29 Å². The molecule has 0 aromatic rings. The molecule has 3 heteroatoms. The lowest BCUT2D eigenvalue weighted by molar-refractivity contribution is -0.150. The van der Waals surface area contributed by atoms with Crippen molar-refractivity contribution >= 4 is 12.3 Å². The Bertz CT molecular complexity index is 236. The molecule has 3 nitrogen and oxygen atoms in total. The van der Waals surface area contributed by atoms with Crippen molar-refractivity contribution in [2.24, 2.45) is 23.7 Å². The molecule has 0 saturated heterocycles. The van der Waals surface area contributed by atoms with E-state index in [9.17, 15) is 9.59 Å². The van der Waals surface area contributed by atoms with Crippen molar-refractivity contribution in [2.45, 2.75) is 19.3 Å². The third-order valence-electron chi connectivity index (χ3n) is 3.40. The minimum Gasteiger partial charge on any atom is -0.469 e. The van der Waals surface area contributed by atoms with Crippen LogP contribution in [0.25, 0.3) is 0 Å². The zero-order valence-corrected chi connectivity index (χ0v) is 7.73. The Morgan fingerprint density at radius 1 is 1.31 bits per heavy atom. The molecule has 13 heavy (non-hydrogen) atoms. The topological polar surface area (TPSA) is 43.4 Å². The normalized spacial score (nSPS) is 41.9. The van der Waals surface area contributed by atoms with Gasteiger partial charge in [-0.3, -0.25) is 4.79 Å². The summed E-state index contributed by atoms with van der Waals surface area (Å²) in [6.07, 6.45) is 3.89. The van der Waals surface area contributed by atoms with Gasteiger partial charge in [-0.25, -0.2) is 0 Å². The van der Waals surface area contributed by atoms with Crippen LogP contribution >= 0.6 is 0 Å². The molecule has 0 amide bonds. The largest absolute Gasteiger partial charge is 0.469 e. The predicted octanol–water partition coefficient (Wildman–Crippen LogP) is 1.02. The average molecular weight is 182 g/mol. The molecule has 2 rings (SSSR count). The molecular formula is C10H14O3. The van der Waals surface area contributed by atoms with E-state index in [-0.39, 0.29) is 17.8 Å². The third kappa shape index (κ3) is 1.47. The highest BCUT2D eigenvalue weighted by Gasteiger charge is 2.48.